The Labute approximate surface area is 101 Å². The zero-order valence-electron chi connectivity index (χ0n) is 10.5. The molecule has 0 radical (unpaired) electrons. The number of nitrogens with zero attached hydrogens (tertiary/aromatic N) is 1. The Bertz CT molecular complexity index is 335. The van der Waals surface area contributed by atoms with Crippen LogP contribution in [0.5, 0.6) is 0 Å². The first-order chi connectivity index (χ1) is 7.78. The number of carbonyl (C=O) groups excluding carboxylic acids is 1. The number of carbonyl (C=O) groups is 2. The van der Waals surface area contributed by atoms with Crippen LogP contribution < -0.4 is 0 Å². The van der Waals surface area contributed by atoms with Crippen LogP contribution in [0.15, 0.2) is 0 Å². The summed E-state index contributed by atoms with van der Waals surface area (Å²) < 4.78 is 5.28. The summed E-state index contributed by atoms with van der Waals surface area (Å²) in [5, 5.41) is 9.02. The van der Waals surface area contributed by atoms with Crippen LogP contribution in [0.1, 0.15) is 27.2 Å². The molecule has 3 aliphatic rings. The number of rotatable bonds is 1. The summed E-state index contributed by atoms with van der Waals surface area (Å²) in [6, 6.07) is 0. The first-order valence-electron chi connectivity index (χ1n) is 5.98. The van der Waals surface area contributed by atoms with E-state index in [0.717, 1.165) is 6.42 Å². The van der Waals surface area contributed by atoms with Crippen LogP contribution in [-0.2, 0) is 9.53 Å². The molecule has 5 heteroatoms. The first kappa shape index (κ1) is 12.2. The maximum Gasteiger partial charge on any atom is 0.410 e. The molecule has 0 spiro atoms. The third-order valence-electron chi connectivity index (χ3n) is 3.47. The number of fused-ring (bicyclic) bond motifs is 2. The summed E-state index contributed by atoms with van der Waals surface area (Å²) in [6.07, 6.45) is 0.604. The highest BCUT2D eigenvalue weighted by Gasteiger charge is 2.51. The summed E-state index contributed by atoms with van der Waals surface area (Å²) in [6.45, 7) is 6.52. The molecule has 2 unspecified atom stereocenters. The molecule has 2 heterocycles. The van der Waals surface area contributed by atoms with Crippen molar-refractivity contribution in [3.63, 3.8) is 0 Å². The van der Waals surface area contributed by atoms with E-state index in [4.69, 9.17) is 9.84 Å². The predicted molar refractivity (Wildman–Crippen MR) is 60.5 cm³/mol. The number of hydrogen-bond acceptors (Lipinski definition) is 3. The van der Waals surface area contributed by atoms with E-state index in [1.54, 1.807) is 4.90 Å². The Kier molecular flexibility index (Phi) is 2.79. The zero-order valence-corrected chi connectivity index (χ0v) is 10.5. The minimum atomic E-state index is -0.727. The molecule has 5 nitrogen and oxygen atoms in total. The van der Waals surface area contributed by atoms with Gasteiger partial charge in [0.15, 0.2) is 0 Å². The van der Waals surface area contributed by atoms with Crippen molar-refractivity contribution in [3.05, 3.63) is 0 Å². The Morgan fingerprint density at radius 1 is 1.24 bits per heavy atom. The molecule has 2 saturated heterocycles. The summed E-state index contributed by atoms with van der Waals surface area (Å²) in [4.78, 5) is 24.4. The van der Waals surface area contributed by atoms with Gasteiger partial charge in [-0.3, -0.25) is 4.79 Å². The number of amides is 1. The van der Waals surface area contributed by atoms with E-state index in [9.17, 15) is 9.59 Å². The summed E-state index contributed by atoms with van der Waals surface area (Å²) in [5.41, 5.74) is -0.495. The van der Waals surface area contributed by atoms with Crippen LogP contribution in [0.3, 0.4) is 0 Å². The smallest absolute Gasteiger partial charge is 0.410 e. The second-order valence-electron chi connectivity index (χ2n) is 6.01. The maximum atomic E-state index is 11.8. The Balaban J connectivity index is 1.92. The molecule has 2 atom stereocenters. The van der Waals surface area contributed by atoms with Crippen molar-refractivity contribution in [2.24, 2.45) is 17.8 Å². The van der Waals surface area contributed by atoms with E-state index in [1.807, 2.05) is 20.8 Å². The molecule has 96 valence electrons. The number of ether oxygens (including phenoxy) is 1. The Morgan fingerprint density at radius 2 is 1.76 bits per heavy atom. The maximum absolute atomic E-state index is 11.8. The fourth-order valence-corrected chi connectivity index (χ4v) is 2.77. The van der Waals surface area contributed by atoms with Gasteiger partial charge in [0.1, 0.15) is 5.60 Å². The average Bonchev–Trinajstić information content (AvgIpc) is 2.13. The lowest BCUT2D eigenvalue weighted by atomic mass is 9.62. The monoisotopic (exact) mass is 241 g/mol. The van der Waals surface area contributed by atoms with Crippen molar-refractivity contribution in [2.75, 3.05) is 13.1 Å². The van der Waals surface area contributed by atoms with Crippen molar-refractivity contribution < 1.29 is 19.4 Å². The molecule has 0 aromatic rings. The largest absolute Gasteiger partial charge is 0.481 e. The lowest BCUT2D eigenvalue weighted by molar-refractivity contribution is -0.159. The van der Waals surface area contributed by atoms with E-state index in [1.165, 1.54) is 0 Å². The molecule has 0 aromatic carbocycles. The molecule has 1 saturated carbocycles. The number of piperidine rings is 2. The molecule has 17 heavy (non-hydrogen) atoms. The zero-order chi connectivity index (χ0) is 12.8. The summed E-state index contributed by atoms with van der Waals surface area (Å²) in [7, 11) is 0. The quantitative estimate of drug-likeness (QED) is 0.756. The van der Waals surface area contributed by atoms with Gasteiger partial charge in [-0.2, -0.15) is 0 Å². The van der Waals surface area contributed by atoms with Crippen molar-refractivity contribution in [1.29, 1.82) is 0 Å². The second-order valence-corrected chi connectivity index (χ2v) is 6.01. The highest BCUT2D eigenvalue weighted by Crippen LogP contribution is 2.45. The van der Waals surface area contributed by atoms with Crippen LogP contribution in [-0.4, -0.2) is 40.8 Å². The van der Waals surface area contributed by atoms with Gasteiger partial charge in [-0.15, -0.1) is 0 Å². The van der Waals surface area contributed by atoms with Gasteiger partial charge in [0.25, 0.3) is 0 Å². The highest BCUT2D eigenvalue weighted by molar-refractivity contribution is 5.74. The number of aliphatic carboxylic acids is 1. The molecule has 2 bridgehead atoms. The van der Waals surface area contributed by atoms with Gasteiger partial charge in [-0.1, -0.05) is 0 Å². The highest BCUT2D eigenvalue weighted by atomic mass is 16.6. The van der Waals surface area contributed by atoms with Gasteiger partial charge in [0.05, 0.1) is 5.92 Å². The van der Waals surface area contributed by atoms with E-state index in [-0.39, 0.29) is 23.8 Å². The molecule has 0 aromatic heterocycles. The van der Waals surface area contributed by atoms with Crippen molar-refractivity contribution in [2.45, 2.75) is 32.8 Å². The van der Waals surface area contributed by atoms with Gasteiger partial charge >= 0.3 is 12.1 Å². The molecule has 2 aliphatic heterocycles. The van der Waals surface area contributed by atoms with Crippen molar-refractivity contribution >= 4 is 12.1 Å². The SMILES string of the molecule is CC(C)(C)OC(=O)N1CC2CC(C1)C2C(=O)O. The topological polar surface area (TPSA) is 66.8 Å². The molecular weight excluding hydrogens is 222 g/mol. The van der Waals surface area contributed by atoms with Gasteiger partial charge in [0, 0.05) is 13.1 Å². The van der Waals surface area contributed by atoms with Crippen LogP contribution in [0, 0.1) is 17.8 Å². The Morgan fingerprint density at radius 3 is 2.18 bits per heavy atom. The van der Waals surface area contributed by atoms with Crippen LogP contribution >= 0.6 is 0 Å². The van der Waals surface area contributed by atoms with Gasteiger partial charge in [-0.25, -0.2) is 4.79 Å². The predicted octanol–water partition coefficient (Wildman–Crippen LogP) is 1.57. The van der Waals surface area contributed by atoms with Crippen LogP contribution in [0.4, 0.5) is 4.79 Å². The molecular formula is C12H19NO4. The van der Waals surface area contributed by atoms with Gasteiger partial charge in [0.2, 0.25) is 0 Å². The van der Waals surface area contributed by atoms with E-state index < -0.39 is 11.6 Å². The summed E-state index contributed by atoms with van der Waals surface area (Å²) >= 11 is 0. The molecule has 1 N–H and O–H groups in total. The van der Waals surface area contributed by atoms with Crippen LogP contribution in [0.2, 0.25) is 0 Å². The van der Waals surface area contributed by atoms with Gasteiger partial charge < -0.3 is 14.7 Å². The lowest BCUT2D eigenvalue weighted by Crippen LogP contribution is -2.59. The minimum absolute atomic E-state index is 0.110. The van der Waals surface area contributed by atoms with Gasteiger partial charge in [-0.05, 0) is 39.0 Å². The fraction of sp³-hybridized carbons (Fsp3) is 0.833. The standard InChI is InChI=1S/C12H19NO4/c1-12(2,3)17-11(16)13-5-7-4-8(6-13)9(7)10(14)15/h7-9H,4-6H2,1-3H3,(H,14,15). The molecule has 1 amide bonds. The number of carboxylic acid groups (broad SMARTS) is 1. The fourth-order valence-electron chi connectivity index (χ4n) is 2.77. The Hall–Kier alpha value is -1.26. The summed E-state index contributed by atoms with van der Waals surface area (Å²) in [5.74, 6) is -0.763. The van der Waals surface area contributed by atoms with Crippen LogP contribution in [0.25, 0.3) is 0 Å². The van der Waals surface area contributed by atoms with E-state index in [0.29, 0.717) is 13.1 Å². The minimum Gasteiger partial charge on any atom is -0.481 e. The third-order valence-corrected chi connectivity index (χ3v) is 3.47. The average molecular weight is 241 g/mol. The normalized spacial score (nSPS) is 31.7. The first-order valence-corrected chi connectivity index (χ1v) is 5.98. The lowest BCUT2D eigenvalue weighted by Gasteiger charge is -2.51. The molecule has 3 rings (SSSR count). The number of hydrogen-bond donors (Lipinski definition) is 1. The number of carboxylic acids is 1. The van der Waals surface area contributed by atoms with E-state index >= 15 is 0 Å². The third kappa shape index (κ3) is 2.37. The second kappa shape index (κ2) is 3.89. The molecule has 3 fully saturated rings. The van der Waals surface area contributed by atoms with Crippen molar-refractivity contribution in [3.8, 4) is 0 Å². The van der Waals surface area contributed by atoms with Crippen molar-refractivity contribution in [1.82, 2.24) is 4.90 Å². The van der Waals surface area contributed by atoms with E-state index in [2.05, 4.69) is 0 Å². The molecule has 1 aliphatic carbocycles.